The molecule has 1 N–H and O–H groups in total. The zero-order valence-corrected chi connectivity index (χ0v) is 14.5. The molecule has 0 saturated carbocycles. The van der Waals surface area contributed by atoms with E-state index in [1.54, 1.807) is 0 Å². The molecule has 2 heterocycles. The van der Waals surface area contributed by atoms with Gasteiger partial charge in [0.05, 0.1) is 25.4 Å². The maximum atomic E-state index is 12.7. The quantitative estimate of drug-likeness (QED) is 0.913. The molecule has 2 aliphatic heterocycles. The Balaban J connectivity index is 1.59. The first-order chi connectivity index (χ1) is 11.6. The molecule has 2 fully saturated rings. The van der Waals surface area contributed by atoms with Crippen LogP contribution >= 0.6 is 0 Å². The summed E-state index contributed by atoms with van der Waals surface area (Å²) >= 11 is 0. The van der Waals surface area contributed by atoms with E-state index < -0.39 is 0 Å². The summed E-state index contributed by atoms with van der Waals surface area (Å²) in [7, 11) is 4.02. The second-order valence-corrected chi connectivity index (χ2v) is 6.61. The Morgan fingerprint density at radius 2 is 2.25 bits per heavy atom. The second kappa shape index (κ2) is 7.85. The SMILES string of the molecule is CN(C)c1cccc(CNC(=O)N2CCOC[C@H]2[C@@H]2CCCO2)c1. The van der Waals surface area contributed by atoms with Gasteiger partial charge >= 0.3 is 6.03 Å². The molecule has 0 spiro atoms. The fraction of sp³-hybridized carbons (Fsp3) is 0.611. The number of rotatable bonds is 4. The van der Waals surface area contributed by atoms with Gasteiger partial charge in [-0.25, -0.2) is 4.79 Å². The first-order valence-electron chi connectivity index (χ1n) is 8.65. The third-order valence-corrected chi connectivity index (χ3v) is 4.69. The Morgan fingerprint density at radius 3 is 3.00 bits per heavy atom. The molecule has 2 amide bonds. The van der Waals surface area contributed by atoms with E-state index in [4.69, 9.17) is 9.47 Å². The van der Waals surface area contributed by atoms with Crippen LogP contribution in [0.5, 0.6) is 0 Å². The molecule has 1 aromatic carbocycles. The number of carbonyl (C=O) groups excluding carboxylic acids is 1. The summed E-state index contributed by atoms with van der Waals surface area (Å²) in [6, 6.07) is 8.19. The number of ether oxygens (including phenoxy) is 2. The van der Waals surface area contributed by atoms with E-state index >= 15 is 0 Å². The van der Waals surface area contributed by atoms with E-state index in [9.17, 15) is 4.79 Å². The van der Waals surface area contributed by atoms with Crippen LogP contribution in [0, 0.1) is 0 Å². The van der Waals surface area contributed by atoms with Gasteiger partial charge in [-0.05, 0) is 30.5 Å². The molecular formula is C18H27N3O3. The van der Waals surface area contributed by atoms with Crippen molar-refractivity contribution in [1.29, 1.82) is 0 Å². The van der Waals surface area contributed by atoms with Crippen LogP contribution in [0.4, 0.5) is 10.5 Å². The number of nitrogens with one attached hydrogen (secondary N) is 1. The maximum Gasteiger partial charge on any atom is 0.318 e. The highest BCUT2D eigenvalue weighted by Gasteiger charge is 2.35. The summed E-state index contributed by atoms with van der Waals surface area (Å²) in [5.74, 6) is 0. The number of amides is 2. The van der Waals surface area contributed by atoms with Crippen molar-refractivity contribution in [3.63, 3.8) is 0 Å². The van der Waals surface area contributed by atoms with E-state index in [2.05, 4.69) is 22.3 Å². The zero-order valence-electron chi connectivity index (χ0n) is 14.5. The van der Waals surface area contributed by atoms with Crippen LogP contribution in [0.25, 0.3) is 0 Å². The highest BCUT2D eigenvalue weighted by Crippen LogP contribution is 2.22. The molecule has 132 valence electrons. The van der Waals surface area contributed by atoms with Gasteiger partial charge in [-0.1, -0.05) is 12.1 Å². The van der Waals surface area contributed by atoms with Crippen LogP contribution < -0.4 is 10.2 Å². The number of anilines is 1. The molecule has 24 heavy (non-hydrogen) atoms. The lowest BCUT2D eigenvalue weighted by Gasteiger charge is -2.38. The van der Waals surface area contributed by atoms with Crippen LogP contribution in [0.15, 0.2) is 24.3 Å². The molecule has 0 unspecified atom stereocenters. The molecule has 6 heteroatoms. The third kappa shape index (κ3) is 3.99. The number of benzene rings is 1. The van der Waals surface area contributed by atoms with Crippen LogP contribution in [0.2, 0.25) is 0 Å². The molecule has 1 aromatic rings. The highest BCUT2D eigenvalue weighted by molar-refractivity contribution is 5.74. The minimum absolute atomic E-state index is 0.0226. The molecule has 0 aromatic heterocycles. The lowest BCUT2D eigenvalue weighted by molar-refractivity contribution is -0.0473. The predicted molar refractivity (Wildman–Crippen MR) is 93.3 cm³/mol. The Kier molecular flexibility index (Phi) is 5.58. The van der Waals surface area contributed by atoms with Crippen molar-refractivity contribution in [2.24, 2.45) is 0 Å². The van der Waals surface area contributed by atoms with Gasteiger partial charge in [0, 0.05) is 39.5 Å². The number of carbonyl (C=O) groups is 1. The van der Waals surface area contributed by atoms with Crippen LogP contribution in [-0.2, 0) is 16.0 Å². The number of hydrogen-bond acceptors (Lipinski definition) is 4. The van der Waals surface area contributed by atoms with Crippen LogP contribution in [0.3, 0.4) is 0 Å². The van der Waals surface area contributed by atoms with Crippen molar-refractivity contribution in [3.05, 3.63) is 29.8 Å². The number of hydrogen-bond donors (Lipinski definition) is 1. The molecule has 0 aliphatic carbocycles. The van der Waals surface area contributed by atoms with Gasteiger partial charge in [0.2, 0.25) is 0 Å². The van der Waals surface area contributed by atoms with E-state index in [1.807, 2.05) is 31.1 Å². The lowest BCUT2D eigenvalue weighted by atomic mass is 10.1. The Hall–Kier alpha value is -1.79. The molecule has 0 bridgehead atoms. The van der Waals surface area contributed by atoms with Gasteiger partial charge in [0.1, 0.15) is 0 Å². The Labute approximate surface area is 143 Å². The summed E-state index contributed by atoms with van der Waals surface area (Å²) in [6.07, 6.45) is 2.17. The van der Waals surface area contributed by atoms with E-state index in [0.717, 1.165) is 30.7 Å². The largest absolute Gasteiger partial charge is 0.378 e. The van der Waals surface area contributed by atoms with Gasteiger partial charge in [-0.15, -0.1) is 0 Å². The van der Waals surface area contributed by atoms with E-state index in [1.165, 1.54) is 0 Å². The van der Waals surface area contributed by atoms with Crippen LogP contribution in [0.1, 0.15) is 18.4 Å². The number of nitrogens with zero attached hydrogens (tertiary/aromatic N) is 2. The molecule has 2 aliphatic rings. The first-order valence-corrected chi connectivity index (χ1v) is 8.65. The van der Waals surface area contributed by atoms with Crippen LogP contribution in [-0.4, -0.2) is 63.5 Å². The van der Waals surface area contributed by atoms with Gasteiger partial charge < -0.3 is 24.6 Å². The Morgan fingerprint density at radius 1 is 1.38 bits per heavy atom. The fourth-order valence-corrected chi connectivity index (χ4v) is 3.31. The zero-order chi connectivity index (χ0) is 16.9. The fourth-order valence-electron chi connectivity index (χ4n) is 3.31. The molecule has 2 saturated heterocycles. The van der Waals surface area contributed by atoms with Crippen molar-refractivity contribution in [1.82, 2.24) is 10.2 Å². The second-order valence-electron chi connectivity index (χ2n) is 6.61. The summed E-state index contributed by atoms with van der Waals surface area (Å²) in [5.41, 5.74) is 2.22. The van der Waals surface area contributed by atoms with E-state index in [-0.39, 0.29) is 18.2 Å². The minimum Gasteiger partial charge on any atom is -0.378 e. The summed E-state index contributed by atoms with van der Waals surface area (Å²) < 4.78 is 11.3. The average molecular weight is 333 g/mol. The first kappa shape index (κ1) is 17.0. The highest BCUT2D eigenvalue weighted by atomic mass is 16.5. The maximum absolute atomic E-state index is 12.7. The van der Waals surface area contributed by atoms with Gasteiger partial charge in [0.25, 0.3) is 0 Å². The van der Waals surface area contributed by atoms with Crippen molar-refractivity contribution in [2.75, 3.05) is 45.4 Å². The standard InChI is InChI=1S/C18H27N3O3/c1-20(2)15-6-3-5-14(11-15)12-19-18(22)21-8-10-23-13-16(21)17-7-4-9-24-17/h3,5-6,11,16-17H,4,7-10,12-13H2,1-2H3,(H,19,22)/t16-,17-/m0/s1. The number of morpholine rings is 1. The summed E-state index contributed by atoms with van der Waals surface area (Å²) in [5, 5.41) is 3.05. The normalized spacial score (nSPS) is 24.0. The Bertz CT molecular complexity index is 558. The minimum atomic E-state index is -0.0333. The summed E-state index contributed by atoms with van der Waals surface area (Å²) in [6.45, 7) is 3.08. The van der Waals surface area contributed by atoms with Gasteiger partial charge in [-0.3, -0.25) is 0 Å². The molecule has 3 rings (SSSR count). The molecule has 6 nitrogen and oxygen atoms in total. The number of urea groups is 1. The van der Waals surface area contributed by atoms with Crippen molar-refractivity contribution in [2.45, 2.75) is 31.5 Å². The monoisotopic (exact) mass is 333 g/mol. The van der Waals surface area contributed by atoms with Crippen molar-refractivity contribution >= 4 is 11.7 Å². The van der Waals surface area contributed by atoms with Crippen molar-refractivity contribution < 1.29 is 14.3 Å². The smallest absolute Gasteiger partial charge is 0.318 e. The van der Waals surface area contributed by atoms with Gasteiger partial charge in [-0.2, -0.15) is 0 Å². The average Bonchev–Trinajstić information content (AvgIpc) is 3.14. The molecule has 2 atom stereocenters. The molecule has 0 radical (unpaired) electrons. The van der Waals surface area contributed by atoms with Crippen molar-refractivity contribution in [3.8, 4) is 0 Å². The third-order valence-electron chi connectivity index (χ3n) is 4.69. The van der Waals surface area contributed by atoms with Gasteiger partial charge in [0.15, 0.2) is 0 Å². The predicted octanol–water partition coefficient (Wildman–Crippen LogP) is 1.84. The lowest BCUT2D eigenvalue weighted by Crippen LogP contribution is -2.56. The molecular weight excluding hydrogens is 306 g/mol. The topological polar surface area (TPSA) is 54.0 Å². The van der Waals surface area contributed by atoms with E-state index in [0.29, 0.717) is 26.3 Å². The summed E-state index contributed by atoms with van der Waals surface area (Å²) in [4.78, 5) is 16.6.